The maximum Gasteiger partial charge on any atom is 0.229 e. The van der Waals surface area contributed by atoms with Gasteiger partial charge in [-0.1, -0.05) is 18.6 Å². The van der Waals surface area contributed by atoms with Gasteiger partial charge in [0.25, 0.3) is 0 Å². The smallest absolute Gasteiger partial charge is 0.229 e. The highest BCUT2D eigenvalue weighted by atomic mass is 32.2. The first-order valence-electron chi connectivity index (χ1n) is 5.74. The van der Waals surface area contributed by atoms with Crippen LogP contribution in [0.25, 0.3) is 0 Å². The predicted molar refractivity (Wildman–Crippen MR) is 69.5 cm³/mol. The van der Waals surface area contributed by atoms with Gasteiger partial charge in [0.1, 0.15) is 0 Å². The Hall–Kier alpha value is -1.07. The van der Waals surface area contributed by atoms with Gasteiger partial charge in [-0.2, -0.15) is 0 Å². The number of nitrogens with one attached hydrogen (secondary N) is 1. The Balaban J connectivity index is 2.28. The minimum atomic E-state index is -3.22. The molecule has 0 atom stereocenters. The van der Waals surface area contributed by atoms with Crippen LogP contribution in [0.4, 0.5) is 5.69 Å². The summed E-state index contributed by atoms with van der Waals surface area (Å²) in [5, 5.41) is 0. The van der Waals surface area contributed by atoms with Gasteiger partial charge in [0.2, 0.25) is 10.0 Å². The van der Waals surface area contributed by atoms with E-state index in [4.69, 9.17) is 5.73 Å². The summed E-state index contributed by atoms with van der Waals surface area (Å²) in [6.45, 7) is 0.620. The first kappa shape index (κ1) is 12.4. The number of hydrogen-bond donors (Lipinski definition) is 2. The lowest BCUT2D eigenvalue weighted by atomic mass is 9.64. The molecule has 1 fully saturated rings. The molecule has 0 aliphatic heterocycles. The van der Waals surface area contributed by atoms with Crippen LogP contribution in [0.15, 0.2) is 24.3 Å². The fourth-order valence-corrected chi connectivity index (χ4v) is 2.90. The van der Waals surface area contributed by atoms with E-state index >= 15 is 0 Å². The van der Waals surface area contributed by atoms with Crippen molar-refractivity contribution in [2.24, 2.45) is 5.73 Å². The van der Waals surface area contributed by atoms with Gasteiger partial charge in [-0.15, -0.1) is 0 Å². The number of sulfonamides is 1. The molecule has 0 saturated heterocycles. The van der Waals surface area contributed by atoms with Crippen LogP contribution in [-0.2, 0) is 15.4 Å². The summed E-state index contributed by atoms with van der Waals surface area (Å²) in [6, 6.07) is 7.55. The zero-order chi connectivity index (χ0) is 12.5. The Labute approximate surface area is 102 Å². The highest BCUT2D eigenvalue weighted by Crippen LogP contribution is 2.43. The zero-order valence-corrected chi connectivity index (χ0v) is 10.8. The number of benzene rings is 1. The van der Waals surface area contributed by atoms with E-state index in [0.717, 1.165) is 24.7 Å². The number of anilines is 1. The molecule has 0 amide bonds. The topological polar surface area (TPSA) is 72.2 Å². The summed E-state index contributed by atoms with van der Waals surface area (Å²) in [6.07, 6.45) is 4.53. The van der Waals surface area contributed by atoms with Crippen LogP contribution >= 0.6 is 0 Å². The average molecular weight is 254 g/mol. The van der Waals surface area contributed by atoms with Crippen molar-refractivity contribution in [2.45, 2.75) is 24.7 Å². The second-order valence-corrected chi connectivity index (χ2v) is 6.54. The summed E-state index contributed by atoms with van der Waals surface area (Å²) in [4.78, 5) is 0. The van der Waals surface area contributed by atoms with Gasteiger partial charge in [0.05, 0.1) is 6.26 Å². The molecule has 0 bridgehead atoms. The maximum atomic E-state index is 11.2. The first-order valence-corrected chi connectivity index (χ1v) is 7.63. The molecule has 2 rings (SSSR count). The summed E-state index contributed by atoms with van der Waals surface area (Å²) < 4.78 is 24.9. The van der Waals surface area contributed by atoms with Crippen LogP contribution in [0.3, 0.4) is 0 Å². The molecule has 0 radical (unpaired) electrons. The molecule has 17 heavy (non-hydrogen) atoms. The van der Waals surface area contributed by atoms with Crippen molar-refractivity contribution in [1.82, 2.24) is 0 Å². The van der Waals surface area contributed by atoms with E-state index in [9.17, 15) is 8.42 Å². The molecule has 0 aromatic heterocycles. The lowest BCUT2D eigenvalue weighted by Gasteiger charge is -2.41. The van der Waals surface area contributed by atoms with Crippen LogP contribution in [0.2, 0.25) is 0 Å². The number of nitrogens with two attached hydrogens (primary N) is 1. The lowest BCUT2D eigenvalue weighted by Crippen LogP contribution is -2.41. The van der Waals surface area contributed by atoms with Crippen LogP contribution in [0.1, 0.15) is 24.8 Å². The van der Waals surface area contributed by atoms with E-state index in [0.29, 0.717) is 12.2 Å². The van der Waals surface area contributed by atoms with Gasteiger partial charge in [0, 0.05) is 17.6 Å². The normalized spacial score (nSPS) is 18.5. The minimum absolute atomic E-state index is 0.0647. The van der Waals surface area contributed by atoms with Gasteiger partial charge in [-0.3, -0.25) is 4.72 Å². The molecule has 5 heteroatoms. The zero-order valence-electron chi connectivity index (χ0n) is 9.94. The molecule has 0 spiro atoms. The molecule has 3 N–H and O–H groups in total. The molecule has 94 valence electrons. The van der Waals surface area contributed by atoms with Gasteiger partial charge in [-0.05, 0) is 30.5 Å². The van der Waals surface area contributed by atoms with Gasteiger partial charge in [0.15, 0.2) is 0 Å². The molecular formula is C12H18N2O2S. The van der Waals surface area contributed by atoms with Crippen molar-refractivity contribution in [1.29, 1.82) is 0 Å². The quantitative estimate of drug-likeness (QED) is 0.854. The van der Waals surface area contributed by atoms with E-state index in [1.807, 2.05) is 18.2 Å². The van der Waals surface area contributed by atoms with Gasteiger partial charge in [-0.25, -0.2) is 8.42 Å². The summed E-state index contributed by atoms with van der Waals surface area (Å²) >= 11 is 0. The van der Waals surface area contributed by atoms with Crippen molar-refractivity contribution in [3.05, 3.63) is 29.8 Å². The fourth-order valence-electron chi connectivity index (χ4n) is 2.34. The Morgan fingerprint density at radius 2 is 2.12 bits per heavy atom. The molecular weight excluding hydrogens is 236 g/mol. The van der Waals surface area contributed by atoms with Crippen LogP contribution in [0, 0.1) is 0 Å². The van der Waals surface area contributed by atoms with Gasteiger partial charge >= 0.3 is 0 Å². The van der Waals surface area contributed by atoms with Gasteiger partial charge < -0.3 is 5.73 Å². The van der Waals surface area contributed by atoms with E-state index in [1.54, 1.807) is 6.07 Å². The Morgan fingerprint density at radius 3 is 2.59 bits per heavy atom. The van der Waals surface area contributed by atoms with Crippen molar-refractivity contribution >= 4 is 15.7 Å². The van der Waals surface area contributed by atoms with Crippen molar-refractivity contribution in [3.8, 4) is 0 Å². The van der Waals surface area contributed by atoms with E-state index in [-0.39, 0.29) is 5.41 Å². The highest BCUT2D eigenvalue weighted by Gasteiger charge is 2.37. The van der Waals surface area contributed by atoms with E-state index in [2.05, 4.69) is 4.72 Å². The third-order valence-electron chi connectivity index (χ3n) is 3.48. The average Bonchev–Trinajstić information content (AvgIpc) is 2.14. The largest absolute Gasteiger partial charge is 0.330 e. The molecule has 1 aromatic rings. The molecule has 0 unspecified atom stereocenters. The highest BCUT2D eigenvalue weighted by molar-refractivity contribution is 7.92. The Kier molecular flexibility index (Phi) is 3.14. The van der Waals surface area contributed by atoms with Crippen molar-refractivity contribution in [3.63, 3.8) is 0 Å². The molecule has 0 heterocycles. The predicted octanol–water partition coefficient (Wildman–Crippen LogP) is 1.44. The van der Waals surface area contributed by atoms with Crippen LogP contribution in [-0.4, -0.2) is 21.2 Å². The third kappa shape index (κ3) is 2.61. The fraction of sp³-hybridized carbons (Fsp3) is 0.500. The van der Waals surface area contributed by atoms with Crippen molar-refractivity contribution in [2.75, 3.05) is 17.5 Å². The van der Waals surface area contributed by atoms with E-state index < -0.39 is 10.0 Å². The third-order valence-corrected chi connectivity index (χ3v) is 4.09. The Morgan fingerprint density at radius 1 is 1.41 bits per heavy atom. The maximum absolute atomic E-state index is 11.2. The second-order valence-electron chi connectivity index (χ2n) is 4.79. The van der Waals surface area contributed by atoms with E-state index in [1.165, 1.54) is 6.42 Å². The van der Waals surface area contributed by atoms with Crippen molar-refractivity contribution < 1.29 is 8.42 Å². The first-order chi connectivity index (χ1) is 7.95. The minimum Gasteiger partial charge on any atom is -0.330 e. The molecule has 1 saturated carbocycles. The lowest BCUT2D eigenvalue weighted by molar-refractivity contribution is 0.253. The monoisotopic (exact) mass is 254 g/mol. The second kappa shape index (κ2) is 4.31. The standard InChI is InChI=1S/C12H18N2O2S/c1-17(15,16)14-11-5-2-4-10(8-11)12(9-13)6-3-7-12/h2,4-5,8,14H,3,6-7,9,13H2,1H3. The molecule has 4 nitrogen and oxygen atoms in total. The Bertz CT molecular complexity index is 501. The van der Waals surface area contributed by atoms with Crippen LogP contribution in [0.5, 0.6) is 0 Å². The summed E-state index contributed by atoms with van der Waals surface area (Å²) in [5.41, 5.74) is 7.66. The summed E-state index contributed by atoms with van der Waals surface area (Å²) in [7, 11) is -3.22. The molecule has 1 aliphatic carbocycles. The number of rotatable bonds is 4. The SMILES string of the molecule is CS(=O)(=O)Nc1cccc(C2(CN)CCC2)c1. The summed E-state index contributed by atoms with van der Waals surface area (Å²) in [5.74, 6) is 0. The molecule has 1 aromatic carbocycles. The molecule has 1 aliphatic rings. The van der Waals surface area contributed by atoms with Crippen LogP contribution < -0.4 is 10.5 Å². The number of hydrogen-bond acceptors (Lipinski definition) is 3.